The Bertz CT molecular complexity index is 1120. The molecule has 3 aromatic rings. The van der Waals surface area contributed by atoms with E-state index in [-0.39, 0.29) is 18.9 Å². The second-order valence-electron chi connectivity index (χ2n) is 6.22. The number of hydrogen-bond acceptors (Lipinski definition) is 5. The van der Waals surface area contributed by atoms with Gasteiger partial charge in [-0.25, -0.2) is 4.79 Å². The van der Waals surface area contributed by atoms with Crippen LogP contribution in [0.4, 0.5) is 5.69 Å². The molecule has 27 heavy (non-hydrogen) atoms. The standard InChI is InChI=1S/C19H15N3O5/c1-21-14-7-6-11(10-15(14)27-19(21)26)20-16(23)8-9-22-17(24)12-4-2-3-5-13(12)18(22)25/h2-7,10H,8-9H2,1H3,(H,20,23). The third kappa shape index (κ3) is 2.80. The molecule has 2 aromatic carbocycles. The number of aromatic nitrogens is 1. The lowest BCUT2D eigenvalue weighted by Gasteiger charge is -2.13. The van der Waals surface area contributed by atoms with E-state index in [1.807, 2.05) is 0 Å². The zero-order valence-electron chi connectivity index (χ0n) is 14.4. The summed E-state index contributed by atoms with van der Waals surface area (Å²) in [5.74, 6) is -1.63. The van der Waals surface area contributed by atoms with Gasteiger partial charge in [0.2, 0.25) is 5.91 Å². The van der Waals surface area contributed by atoms with Crippen LogP contribution in [0.5, 0.6) is 0 Å². The van der Waals surface area contributed by atoms with Crippen LogP contribution in [0.1, 0.15) is 27.1 Å². The molecule has 8 nitrogen and oxygen atoms in total. The fourth-order valence-corrected chi connectivity index (χ4v) is 3.09. The summed E-state index contributed by atoms with van der Waals surface area (Å²) in [5, 5.41) is 2.68. The summed E-state index contributed by atoms with van der Waals surface area (Å²) in [5.41, 5.74) is 2.15. The summed E-state index contributed by atoms with van der Waals surface area (Å²) in [4.78, 5) is 49.4. The highest BCUT2D eigenvalue weighted by Gasteiger charge is 2.34. The van der Waals surface area contributed by atoms with E-state index in [0.717, 1.165) is 4.90 Å². The Labute approximate surface area is 153 Å². The Hall–Kier alpha value is -3.68. The van der Waals surface area contributed by atoms with Crippen molar-refractivity contribution in [1.82, 2.24) is 9.47 Å². The van der Waals surface area contributed by atoms with Gasteiger partial charge in [-0.05, 0) is 24.3 Å². The third-order valence-corrected chi connectivity index (χ3v) is 4.52. The molecule has 3 amide bonds. The summed E-state index contributed by atoms with van der Waals surface area (Å²) < 4.78 is 6.45. The topological polar surface area (TPSA) is 102 Å². The molecule has 8 heteroatoms. The molecule has 1 aromatic heterocycles. The van der Waals surface area contributed by atoms with Gasteiger partial charge in [0.1, 0.15) is 0 Å². The van der Waals surface area contributed by atoms with E-state index in [0.29, 0.717) is 27.9 Å². The van der Waals surface area contributed by atoms with Crippen LogP contribution in [0, 0.1) is 0 Å². The Kier molecular flexibility index (Phi) is 3.88. The highest BCUT2D eigenvalue weighted by atomic mass is 16.4. The van der Waals surface area contributed by atoms with Crippen LogP contribution in [-0.2, 0) is 11.8 Å². The van der Waals surface area contributed by atoms with Crippen LogP contribution in [0.3, 0.4) is 0 Å². The average Bonchev–Trinajstić information content (AvgIpc) is 3.07. The lowest BCUT2D eigenvalue weighted by molar-refractivity contribution is -0.116. The summed E-state index contributed by atoms with van der Waals surface area (Å²) in [6.45, 7) is -0.0131. The molecular weight excluding hydrogens is 350 g/mol. The van der Waals surface area contributed by atoms with E-state index in [4.69, 9.17) is 4.42 Å². The lowest BCUT2D eigenvalue weighted by Crippen LogP contribution is -2.32. The molecule has 0 aliphatic carbocycles. The van der Waals surface area contributed by atoms with Crippen molar-refractivity contribution in [3.63, 3.8) is 0 Å². The van der Waals surface area contributed by atoms with Gasteiger partial charge in [-0.1, -0.05) is 12.1 Å². The Morgan fingerprint density at radius 3 is 2.37 bits per heavy atom. The molecule has 0 atom stereocenters. The predicted molar refractivity (Wildman–Crippen MR) is 96.5 cm³/mol. The first-order valence-electron chi connectivity index (χ1n) is 8.30. The van der Waals surface area contributed by atoms with Gasteiger partial charge in [0.05, 0.1) is 16.6 Å². The molecule has 1 aliphatic rings. The molecular formula is C19H15N3O5. The number of carbonyl (C=O) groups is 3. The maximum atomic E-state index is 12.3. The molecule has 0 unspecified atom stereocenters. The van der Waals surface area contributed by atoms with Crippen molar-refractivity contribution in [3.8, 4) is 0 Å². The number of aryl methyl sites for hydroxylation is 1. The fraction of sp³-hybridized carbons (Fsp3) is 0.158. The van der Waals surface area contributed by atoms with Crippen molar-refractivity contribution < 1.29 is 18.8 Å². The average molecular weight is 365 g/mol. The van der Waals surface area contributed by atoms with Gasteiger partial charge in [-0.15, -0.1) is 0 Å². The number of carbonyl (C=O) groups excluding carboxylic acids is 3. The normalized spacial score (nSPS) is 13.3. The second kappa shape index (κ2) is 6.24. The highest BCUT2D eigenvalue weighted by Crippen LogP contribution is 2.23. The van der Waals surface area contributed by atoms with Crippen LogP contribution in [0.25, 0.3) is 11.1 Å². The first kappa shape index (κ1) is 16.8. The number of imide groups is 1. The molecule has 2 heterocycles. The van der Waals surface area contributed by atoms with Gasteiger partial charge in [0.25, 0.3) is 11.8 Å². The first-order chi connectivity index (χ1) is 13.0. The maximum absolute atomic E-state index is 12.3. The van der Waals surface area contributed by atoms with E-state index in [1.165, 1.54) is 4.57 Å². The van der Waals surface area contributed by atoms with Gasteiger partial charge in [-0.3, -0.25) is 23.9 Å². The number of anilines is 1. The summed E-state index contributed by atoms with van der Waals surface area (Å²) in [7, 11) is 1.59. The molecule has 0 saturated carbocycles. The van der Waals surface area contributed by atoms with Gasteiger partial charge in [-0.2, -0.15) is 0 Å². The van der Waals surface area contributed by atoms with Gasteiger partial charge in [0, 0.05) is 31.8 Å². The van der Waals surface area contributed by atoms with Gasteiger partial charge < -0.3 is 9.73 Å². The minimum atomic E-state index is -0.487. The van der Waals surface area contributed by atoms with Crippen molar-refractivity contribution in [2.45, 2.75) is 6.42 Å². The minimum Gasteiger partial charge on any atom is -0.408 e. The van der Waals surface area contributed by atoms with Gasteiger partial charge in [0.15, 0.2) is 5.58 Å². The van der Waals surface area contributed by atoms with E-state index >= 15 is 0 Å². The number of oxazole rings is 1. The van der Waals surface area contributed by atoms with Crippen molar-refractivity contribution in [3.05, 3.63) is 64.1 Å². The van der Waals surface area contributed by atoms with Crippen molar-refractivity contribution in [2.24, 2.45) is 7.05 Å². The van der Waals surface area contributed by atoms with E-state index in [2.05, 4.69) is 5.32 Å². The number of rotatable bonds is 4. The molecule has 1 aliphatic heterocycles. The Morgan fingerprint density at radius 2 is 1.70 bits per heavy atom. The summed E-state index contributed by atoms with van der Waals surface area (Å²) in [6.07, 6.45) is -0.0394. The molecule has 0 fully saturated rings. The zero-order valence-corrected chi connectivity index (χ0v) is 14.4. The predicted octanol–water partition coefficient (Wildman–Crippen LogP) is 1.76. The molecule has 0 radical (unpaired) electrons. The van der Waals surface area contributed by atoms with Crippen LogP contribution in [0.2, 0.25) is 0 Å². The smallest absolute Gasteiger partial charge is 0.408 e. The minimum absolute atomic E-state index is 0.0131. The number of nitrogens with one attached hydrogen (secondary N) is 1. The van der Waals surface area contributed by atoms with Crippen LogP contribution in [0.15, 0.2) is 51.7 Å². The second-order valence-corrected chi connectivity index (χ2v) is 6.22. The van der Waals surface area contributed by atoms with Gasteiger partial charge >= 0.3 is 5.76 Å². The third-order valence-electron chi connectivity index (χ3n) is 4.52. The SMILES string of the molecule is Cn1c(=O)oc2cc(NC(=O)CCN3C(=O)c4ccccc4C3=O)ccc21. The summed E-state index contributed by atoms with van der Waals surface area (Å²) in [6, 6.07) is 11.4. The zero-order chi connectivity index (χ0) is 19.1. The lowest BCUT2D eigenvalue weighted by atomic mass is 10.1. The van der Waals surface area contributed by atoms with E-state index < -0.39 is 17.6 Å². The van der Waals surface area contributed by atoms with Crippen LogP contribution >= 0.6 is 0 Å². The quantitative estimate of drug-likeness (QED) is 0.710. The van der Waals surface area contributed by atoms with Crippen molar-refractivity contribution in [2.75, 3.05) is 11.9 Å². The monoisotopic (exact) mass is 365 g/mol. The Balaban J connectivity index is 1.43. The molecule has 1 N–H and O–H groups in total. The maximum Gasteiger partial charge on any atom is 0.419 e. The molecule has 136 valence electrons. The first-order valence-corrected chi connectivity index (χ1v) is 8.30. The molecule has 0 saturated heterocycles. The van der Waals surface area contributed by atoms with E-state index in [1.54, 1.807) is 49.5 Å². The number of nitrogens with zero attached hydrogens (tertiary/aromatic N) is 2. The fourth-order valence-electron chi connectivity index (χ4n) is 3.09. The molecule has 4 rings (SSSR count). The largest absolute Gasteiger partial charge is 0.419 e. The van der Waals surface area contributed by atoms with Crippen LogP contribution < -0.4 is 11.1 Å². The van der Waals surface area contributed by atoms with Crippen molar-refractivity contribution in [1.29, 1.82) is 0 Å². The van der Waals surface area contributed by atoms with Crippen LogP contribution in [-0.4, -0.2) is 33.7 Å². The molecule has 0 spiro atoms. The number of fused-ring (bicyclic) bond motifs is 2. The highest BCUT2D eigenvalue weighted by molar-refractivity contribution is 6.21. The van der Waals surface area contributed by atoms with E-state index in [9.17, 15) is 19.2 Å². The van der Waals surface area contributed by atoms with Crippen molar-refractivity contribution >= 4 is 34.5 Å². The molecule has 0 bridgehead atoms. The number of hydrogen-bond donors (Lipinski definition) is 1. The number of benzene rings is 2. The number of amides is 3. The Morgan fingerprint density at radius 1 is 1.04 bits per heavy atom. The summed E-state index contributed by atoms with van der Waals surface area (Å²) >= 11 is 0.